The molecule has 0 fully saturated rings. The fraction of sp³-hybridized carbons (Fsp3) is 0. The molecule has 0 spiro atoms. The molecule has 0 N–H and O–H groups in total. The van der Waals surface area contributed by atoms with Gasteiger partial charge in [-0.15, -0.1) is 0 Å². The molecule has 0 aromatic heterocycles. The topological polar surface area (TPSA) is 18.5 Å². The fourth-order valence-corrected chi connectivity index (χ4v) is 9.92. The van der Waals surface area contributed by atoms with Gasteiger partial charge in [0, 0.05) is 21.9 Å². The lowest BCUT2D eigenvalue weighted by Gasteiger charge is -2.24. The van der Waals surface area contributed by atoms with Crippen molar-refractivity contribution in [3.63, 3.8) is 0 Å². The largest absolute Gasteiger partial charge is 0.456 e. The van der Waals surface area contributed by atoms with E-state index in [1.807, 2.05) is 12.1 Å². The predicted octanol–water partition coefficient (Wildman–Crippen LogP) is 16.0. The minimum Gasteiger partial charge on any atom is -0.456 e. The Kier molecular flexibility index (Phi) is 6.47. The maximum atomic E-state index is 6.54. The molecule has 2 heteroatoms. The maximum absolute atomic E-state index is 6.54. The van der Waals surface area contributed by atoms with Gasteiger partial charge in [0.2, 0.25) is 0 Å². The molecule has 0 saturated heterocycles. The Morgan fingerprint density at radius 1 is 0.241 bits per heavy atom. The van der Waals surface area contributed by atoms with Crippen LogP contribution in [-0.2, 0) is 0 Å². The second kappa shape index (κ2) is 11.9. The summed E-state index contributed by atoms with van der Waals surface area (Å²) in [7, 11) is 0. The van der Waals surface area contributed by atoms with Gasteiger partial charge in [-0.25, -0.2) is 0 Å². The Labute approximate surface area is 334 Å². The van der Waals surface area contributed by atoms with Crippen LogP contribution in [0.3, 0.4) is 0 Å². The first-order valence-electron chi connectivity index (χ1n) is 19.9. The van der Waals surface area contributed by atoms with Crippen LogP contribution in [-0.4, -0.2) is 0 Å². The summed E-state index contributed by atoms with van der Waals surface area (Å²) in [4.78, 5) is 0. The Morgan fingerprint density at radius 2 is 0.690 bits per heavy atom. The first kappa shape index (κ1) is 31.5. The van der Waals surface area contributed by atoms with Crippen molar-refractivity contribution in [1.29, 1.82) is 0 Å². The molecule has 11 aromatic rings. The van der Waals surface area contributed by atoms with Gasteiger partial charge in [-0.1, -0.05) is 158 Å². The molecule has 2 aliphatic heterocycles. The molecule has 0 aliphatic carbocycles. The predicted molar refractivity (Wildman–Crippen MR) is 241 cm³/mol. The number of rotatable bonds is 3. The summed E-state index contributed by atoms with van der Waals surface area (Å²) in [6.45, 7) is 0. The van der Waals surface area contributed by atoms with Crippen LogP contribution in [0.4, 0.5) is 0 Å². The molecule has 0 atom stereocenters. The average molecular weight is 737 g/mol. The third-order valence-electron chi connectivity index (χ3n) is 12.5. The highest BCUT2D eigenvalue weighted by Crippen LogP contribution is 2.52. The monoisotopic (exact) mass is 736 g/mol. The Balaban J connectivity index is 1.13. The van der Waals surface area contributed by atoms with Crippen molar-refractivity contribution >= 4 is 53.9 Å². The Bertz CT molecular complexity index is 3380. The minimum absolute atomic E-state index is 0.896. The molecule has 13 rings (SSSR count). The van der Waals surface area contributed by atoms with Crippen LogP contribution in [0.2, 0.25) is 0 Å². The lowest BCUT2D eigenvalue weighted by molar-refractivity contribution is 0.487. The number of fused-ring (bicyclic) bond motifs is 7. The molecule has 0 unspecified atom stereocenters. The number of para-hydroxylation sites is 2. The van der Waals surface area contributed by atoms with E-state index in [-0.39, 0.29) is 0 Å². The molecule has 2 aliphatic rings. The van der Waals surface area contributed by atoms with E-state index in [2.05, 4.69) is 182 Å². The molecule has 0 bridgehead atoms. The normalized spacial score (nSPS) is 12.4. The third-order valence-corrected chi connectivity index (χ3v) is 12.5. The maximum Gasteiger partial charge on any atom is 0.135 e. The number of hydrogen-bond acceptors (Lipinski definition) is 2. The van der Waals surface area contributed by atoms with Crippen LogP contribution in [0.25, 0.3) is 109 Å². The molecule has 2 heterocycles. The molecule has 0 radical (unpaired) electrons. The summed E-state index contributed by atoms with van der Waals surface area (Å²) >= 11 is 0. The van der Waals surface area contributed by atoms with Gasteiger partial charge >= 0.3 is 0 Å². The lowest BCUT2D eigenvalue weighted by Crippen LogP contribution is -1.98. The molecule has 11 aromatic carbocycles. The molecular formula is C56H32O2. The smallest absolute Gasteiger partial charge is 0.135 e. The van der Waals surface area contributed by atoms with E-state index in [0.717, 1.165) is 44.9 Å². The molecule has 2 nitrogen and oxygen atoms in total. The molecule has 0 saturated carbocycles. The van der Waals surface area contributed by atoms with Gasteiger partial charge in [-0.05, 0) is 124 Å². The van der Waals surface area contributed by atoms with Gasteiger partial charge in [0.25, 0.3) is 0 Å². The van der Waals surface area contributed by atoms with Gasteiger partial charge < -0.3 is 9.47 Å². The van der Waals surface area contributed by atoms with E-state index >= 15 is 0 Å². The van der Waals surface area contributed by atoms with Crippen molar-refractivity contribution < 1.29 is 9.47 Å². The minimum atomic E-state index is 0.896. The highest BCUT2D eigenvalue weighted by atomic mass is 16.5. The summed E-state index contributed by atoms with van der Waals surface area (Å²) in [6, 6.07) is 70.5. The number of hydrogen-bond donors (Lipinski definition) is 0. The van der Waals surface area contributed by atoms with Crippen molar-refractivity contribution in [2.24, 2.45) is 0 Å². The lowest BCUT2D eigenvalue weighted by atomic mass is 9.83. The van der Waals surface area contributed by atoms with Crippen molar-refractivity contribution in [2.45, 2.75) is 0 Å². The Hall–Kier alpha value is -7.68. The average Bonchev–Trinajstić information content (AvgIpc) is 3.28. The van der Waals surface area contributed by atoms with E-state index < -0.39 is 0 Å². The van der Waals surface area contributed by atoms with Crippen molar-refractivity contribution in [1.82, 2.24) is 0 Å². The van der Waals surface area contributed by atoms with Gasteiger partial charge in [0.15, 0.2) is 0 Å². The quantitative estimate of drug-likeness (QED) is 0.168. The second-order valence-corrected chi connectivity index (χ2v) is 15.5. The molecule has 268 valence electrons. The summed E-state index contributed by atoms with van der Waals surface area (Å²) in [5.74, 6) is 3.59. The highest BCUT2D eigenvalue weighted by molar-refractivity contribution is 6.23. The van der Waals surface area contributed by atoms with E-state index in [0.29, 0.717) is 0 Å². The van der Waals surface area contributed by atoms with Gasteiger partial charge in [0.1, 0.15) is 23.0 Å². The summed E-state index contributed by atoms with van der Waals surface area (Å²) < 4.78 is 13.1. The van der Waals surface area contributed by atoms with Gasteiger partial charge in [-0.2, -0.15) is 0 Å². The van der Waals surface area contributed by atoms with Crippen LogP contribution in [0.15, 0.2) is 194 Å². The standard InChI is InChI=1S/C56H32O2/c1-2-12-34-31-35(26-25-33(34)11-1)54-46-21-7-15-36(38-27-29-52-55-42(38)17-9-19-44(55)40-13-3-5-23-50(40)57-52)48(46)32-49-37(16-8-22-47(49)54)39-28-30-53-56-43(39)18-10-20-45(56)41-14-4-6-24-51(41)58-53/h1-32H. The molecule has 0 amide bonds. The van der Waals surface area contributed by atoms with E-state index in [4.69, 9.17) is 9.47 Å². The zero-order valence-electron chi connectivity index (χ0n) is 31.3. The van der Waals surface area contributed by atoms with Crippen LogP contribution in [0, 0.1) is 0 Å². The number of benzene rings is 11. The Morgan fingerprint density at radius 3 is 1.26 bits per heavy atom. The van der Waals surface area contributed by atoms with Crippen molar-refractivity contribution in [3.05, 3.63) is 194 Å². The first-order valence-corrected chi connectivity index (χ1v) is 19.9. The summed E-state index contributed by atoms with van der Waals surface area (Å²) in [5, 5.41) is 12.0. The van der Waals surface area contributed by atoms with E-state index in [1.54, 1.807) is 0 Å². The SMILES string of the molecule is c1ccc2c(c1)Oc1ccc(-c3cccc4c(-c5ccc6ccccc6c5)c5cccc(-c6ccc7c8c(cccc68)-c6ccccc6O7)c5cc34)c3cccc-2c13. The molecular weight excluding hydrogens is 705 g/mol. The first-order chi connectivity index (χ1) is 28.8. The highest BCUT2D eigenvalue weighted by Gasteiger charge is 2.25. The van der Waals surface area contributed by atoms with Crippen LogP contribution in [0.1, 0.15) is 0 Å². The zero-order valence-corrected chi connectivity index (χ0v) is 31.3. The summed E-state index contributed by atoms with van der Waals surface area (Å²) in [5.41, 5.74) is 11.9. The van der Waals surface area contributed by atoms with Crippen LogP contribution in [0.5, 0.6) is 23.0 Å². The molecule has 58 heavy (non-hydrogen) atoms. The second-order valence-electron chi connectivity index (χ2n) is 15.5. The number of ether oxygens (including phenoxy) is 2. The summed E-state index contributed by atoms with van der Waals surface area (Å²) in [6.07, 6.45) is 0. The third kappa shape index (κ3) is 4.43. The van der Waals surface area contributed by atoms with Crippen LogP contribution >= 0.6 is 0 Å². The fourth-order valence-electron chi connectivity index (χ4n) is 9.92. The van der Waals surface area contributed by atoms with E-state index in [1.165, 1.54) is 87.6 Å². The van der Waals surface area contributed by atoms with Crippen molar-refractivity contribution in [3.8, 4) is 78.6 Å². The van der Waals surface area contributed by atoms with Crippen molar-refractivity contribution in [2.75, 3.05) is 0 Å². The van der Waals surface area contributed by atoms with Gasteiger partial charge in [0.05, 0.1) is 0 Å². The van der Waals surface area contributed by atoms with Gasteiger partial charge in [-0.3, -0.25) is 0 Å². The zero-order chi connectivity index (χ0) is 37.9. The van der Waals surface area contributed by atoms with Crippen LogP contribution < -0.4 is 9.47 Å². The van der Waals surface area contributed by atoms with E-state index in [9.17, 15) is 0 Å².